The van der Waals surface area contributed by atoms with Crippen LogP contribution in [0, 0.1) is 5.92 Å². The molecule has 0 saturated heterocycles. The van der Waals surface area contributed by atoms with E-state index in [2.05, 4.69) is 6.92 Å². The first-order chi connectivity index (χ1) is 12.6. The number of halogens is 1. The van der Waals surface area contributed by atoms with Gasteiger partial charge in [0.1, 0.15) is 6.61 Å². The predicted molar refractivity (Wildman–Crippen MR) is 104 cm³/mol. The highest BCUT2D eigenvalue weighted by Gasteiger charge is 2.26. The second-order valence-corrected chi connectivity index (χ2v) is 7.42. The molecule has 3 aromatic rings. The Morgan fingerprint density at radius 1 is 1.19 bits per heavy atom. The summed E-state index contributed by atoms with van der Waals surface area (Å²) in [5, 5.41) is 1.55. The van der Waals surface area contributed by atoms with Crippen molar-refractivity contribution in [3.05, 3.63) is 75.9 Å². The smallest absolute Gasteiger partial charge is 0.339 e. The van der Waals surface area contributed by atoms with Crippen LogP contribution >= 0.6 is 11.6 Å². The number of esters is 1. The lowest BCUT2D eigenvalue weighted by Gasteiger charge is -2.24. The molecular formula is C22H20ClNO2. The van der Waals surface area contributed by atoms with Crippen molar-refractivity contribution in [2.75, 3.05) is 0 Å². The molecule has 0 spiro atoms. The van der Waals surface area contributed by atoms with E-state index in [0.717, 1.165) is 47.0 Å². The van der Waals surface area contributed by atoms with Gasteiger partial charge < -0.3 is 4.74 Å². The van der Waals surface area contributed by atoms with Crippen molar-refractivity contribution < 1.29 is 9.53 Å². The Labute approximate surface area is 158 Å². The summed E-state index contributed by atoms with van der Waals surface area (Å²) >= 11 is 5.91. The minimum atomic E-state index is -0.274. The maximum atomic E-state index is 13.0. The van der Waals surface area contributed by atoms with Crippen LogP contribution in [0.3, 0.4) is 0 Å². The van der Waals surface area contributed by atoms with Crippen molar-refractivity contribution in [2.45, 2.75) is 32.8 Å². The topological polar surface area (TPSA) is 39.2 Å². The van der Waals surface area contributed by atoms with E-state index < -0.39 is 0 Å². The minimum Gasteiger partial charge on any atom is -0.457 e. The molecular weight excluding hydrogens is 346 g/mol. The van der Waals surface area contributed by atoms with E-state index in [9.17, 15) is 4.79 Å². The van der Waals surface area contributed by atoms with Gasteiger partial charge in [0.15, 0.2) is 0 Å². The Balaban J connectivity index is 1.70. The zero-order chi connectivity index (χ0) is 18.1. The van der Waals surface area contributed by atoms with Gasteiger partial charge in [0.05, 0.1) is 11.1 Å². The van der Waals surface area contributed by atoms with Gasteiger partial charge in [-0.15, -0.1) is 0 Å². The van der Waals surface area contributed by atoms with Crippen LogP contribution in [0.15, 0.2) is 48.5 Å². The molecule has 4 heteroatoms. The number of carbonyl (C=O) groups is 1. The maximum absolute atomic E-state index is 13.0. The SMILES string of the molecule is C[C@@H]1CCc2nc3ccccc3c(C(=O)OCc3ccc(Cl)cc3)c2C1. The molecule has 1 heterocycles. The average molecular weight is 366 g/mol. The number of ether oxygens (including phenoxy) is 1. The lowest BCUT2D eigenvalue weighted by Crippen LogP contribution is -2.19. The summed E-state index contributed by atoms with van der Waals surface area (Å²) in [6, 6.07) is 15.2. The summed E-state index contributed by atoms with van der Waals surface area (Å²) in [7, 11) is 0. The van der Waals surface area contributed by atoms with E-state index >= 15 is 0 Å². The fourth-order valence-electron chi connectivity index (χ4n) is 3.60. The Morgan fingerprint density at radius 3 is 2.77 bits per heavy atom. The van der Waals surface area contributed by atoms with Crippen molar-refractivity contribution >= 4 is 28.5 Å². The van der Waals surface area contributed by atoms with Gasteiger partial charge in [0, 0.05) is 16.1 Å². The number of fused-ring (bicyclic) bond motifs is 2. The van der Waals surface area contributed by atoms with Crippen LogP contribution < -0.4 is 0 Å². The molecule has 3 nitrogen and oxygen atoms in total. The van der Waals surface area contributed by atoms with E-state index in [1.807, 2.05) is 36.4 Å². The molecule has 0 radical (unpaired) electrons. The number of nitrogens with zero attached hydrogens (tertiary/aromatic N) is 1. The Morgan fingerprint density at radius 2 is 1.96 bits per heavy atom. The van der Waals surface area contributed by atoms with Crippen molar-refractivity contribution in [1.82, 2.24) is 4.98 Å². The monoisotopic (exact) mass is 365 g/mol. The summed E-state index contributed by atoms with van der Waals surface area (Å²) < 4.78 is 5.65. The van der Waals surface area contributed by atoms with Gasteiger partial charge in [0.25, 0.3) is 0 Å². The summed E-state index contributed by atoms with van der Waals surface area (Å²) in [6.45, 7) is 2.46. The van der Waals surface area contributed by atoms with Gasteiger partial charge in [-0.05, 0) is 54.5 Å². The fourth-order valence-corrected chi connectivity index (χ4v) is 3.72. The lowest BCUT2D eigenvalue weighted by atomic mass is 9.84. The van der Waals surface area contributed by atoms with Crippen LogP contribution in [0.1, 0.15) is 40.5 Å². The zero-order valence-corrected chi connectivity index (χ0v) is 15.4. The first-order valence-electron chi connectivity index (χ1n) is 8.94. The van der Waals surface area contributed by atoms with Crippen LogP contribution in [0.2, 0.25) is 5.02 Å². The van der Waals surface area contributed by atoms with Gasteiger partial charge >= 0.3 is 5.97 Å². The Kier molecular flexibility index (Phi) is 4.64. The molecule has 0 bridgehead atoms. The molecule has 1 aliphatic carbocycles. The average Bonchev–Trinajstić information content (AvgIpc) is 2.65. The van der Waals surface area contributed by atoms with Gasteiger partial charge in [-0.25, -0.2) is 4.79 Å². The van der Waals surface area contributed by atoms with Crippen molar-refractivity contribution in [3.8, 4) is 0 Å². The second kappa shape index (κ2) is 7.08. The Bertz CT molecular complexity index is 966. The molecule has 0 aliphatic heterocycles. The zero-order valence-electron chi connectivity index (χ0n) is 14.7. The number of para-hydroxylation sites is 1. The molecule has 1 atom stereocenters. The van der Waals surface area contributed by atoms with E-state index in [0.29, 0.717) is 16.5 Å². The third kappa shape index (κ3) is 3.32. The molecule has 0 amide bonds. The van der Waals surface area contributed by atoms with Crippen LogP contribution in [-0.4, -0.2) is 11.0 Å². The van der Waals surface area contributed by atoms with E-state index in [-0.39, 0.29) is 12.6 Å². The molecule has 0 saturated carbocycles. The number of pyridine rings is 1. The van der Waals surface area contributed by atoms with Crippen LogP contribution in [-0.2, 0) is 24.2 Å². The van der Waals surface area contributed by atoms with Crippen LogP contribution in [0.5, 0.6) is 0 Å². The summed E-state index contributed by atoms with van der Waals surface area (Å²) in [5.41, 5.74) is 4.57. The third-order valence-electron chi connectivity index (χ3n) is 4.99. The molecule has 0 unspecified atom stereocenters. The van der Waals surface area contributed by atoms with Gasteiger partial charge in [0.2, 0.25) is 0 Å². The summed E-state index contributed by atoms with van der Waals surface area (Å²) in [6.07, 6.45) is 2.90. The minimum absolute atomic E-state index is 0.233. The third-order valence-corrected chi connectivity index (χ3v) is 5.24. The van der Waals surface area contributed by atoms with E-state index in [1.54, 1.807) is 12.1 Å². The number of aryl methyl sites for hydroxylation is 1. The number of hydrogen-bond acceptors (Lipinski definition) is 3. The number of benzene rings is 2. The second-order valence-electron chi connectivity index (χ2n) is 6.98. The molecule has 132 valence electrons. The highest BCUT2D eigenvalue weighted by molar-refractivity contribution is 6.30. The highest BCUT2D eigenvalue weighted by atomic mass is 35.5. The highest BCUT2D eigenvalue weighted by Crippen LogP contribution is 2.32. The molecule has 0 N–H and O–H groups in total. The molecule has 0 fully saturated rings. The van der Waals surface area contributed by atoms with Crippen LogP contribution in [0.4, 0.5) is 0 Å². The quantitative estimate of drug-likeness (QED) is 0.586. The number of aromatic nitrogens is 1. The number of carbonyl (C=O) groups excluding carboxylic acids is 1. The largest absolute Gasteiger partial charge is 0.457 e. The van der Waals surface area contributed by atoms with Crippen molar-refractivity contribution in [3.63, 3.8) is 0 Å². The Hall–Kier alpha value is -2.39. The summed E-state index contributed by atoms with van der Waals surface area (Å²) in [4.78, 5) is 17.8. The van der Waals surface area contributed by atoms with E-state index in [4.69, 9.17) is 21.3 Å². The lowest BCUT2D eigenvalue weighted by molar-refractivity contribution is 0.0473. The maximum Gasteiger partial charge on any atom is 0.339 e. The normalized spacial score (nSPS) is 16.3. The number of rotatable bonds is 3. The number of hydrogen-bond donors (Lipinski definition) is 0. The standard InChI is InChI=1S/C22H20ClNO2/c1-14-6-11-20-18(12-14)21(17-4-2-3-5-19(17)24-20)22(25)26-13-15-7-9-16(23)10-8-15/h2-5,7-10,14H,6,11-13H2,1H3/t14-/m1/s1. The van der Waals surface area contributed by atoms with Gasteiger partial charge in [-0.1, -0.05) is 48.9 Å². The first kappa shape index (κ1) is 17.0. The molecule has 4 rings (SSSR count). The molecule has 2 aromatic carbocycles. The van der Waals surface area contributed by atoms with Crippen LogP contribution in [0.25, 0.3) is 10.9 Å². The van der Waals surface area contributed by atoms with Gasteiger partial charge in [-0.2, -0.15) is 0 Å². The fraction of sp³-hybridized carbons (Fsp3) is 0.273. The van der Waals surface area contributed by atoms with Gasteiger partial charge in [-0.3, -0.25) is 4.98 Å². The molecule has 26 heavy (non-hydrogen) atoms. The van der Waals surface area contributed by atoms with Crippen molar-refractivity contribution in [2.24, 2.45) is 5.92 Å². The summed E-state index contributed by atoms with van der Waals surface area (Å²) in [5.74, 6) is 0.275. The first-order valence-corrected chi connectivity index (χ1v) is 9.31. The molecule has 1 aliphatic rings. The predicted octanol–water partition coefficient (Wildman–Crippen LogP) is 5.37. The van der Waals surface area contributed by atoms with E-state index in [1.165, 1.54) is 0 Å². The van der Waals surface area contributed by atoms with Crippen molar-refractivity contribution in [1.29, 1.82) is 0 Å². The molecule has 1 aromatic heterocycles.